The van der Waals surface area contributed by atoms with E-state index >= 15 is 0 Å². The van der Waals surface area contributed by atoms with Crippen LogP contribution >= 0.6 is 22.9 Å². The van der Waals surface area contributed by atoms with E-state index in [-0.39, 0.29) is 6.04 Å². The summed E-state index contributed by atoms with van der Waals surface area (Å²) in [5.74, 6) is 0. The highest BCUT2D eigenvalue weighted by molar-refractivity contribution is 7.07. The number of aryl methyl sites for hydroxylation is 1. The third-order valence-corrected chi connectivity index (χ3v) is 3.64. The molecule has 1 nitrogen and oxygen atoms in total. The van der Waals surface area contributed by atoms with Gasteiger partial charge in [0.25, 0.3) is 0 Å². The van der Waals surface area contributed by atoms with E-state index in [1.54, 1.807) is 11.3 Å². The van der Waals surface area contributed by atoms with Crippen LogP contribution in [0.15, 0.2) is 35.0 Å². The minimum absolute atomic E-state index is 0.282. The van der Waals surface area contributed by atoms with Gasteiger partial charge in [0.05, 0.1) is 10.7 Å². The molecule has 1 aromatic heterocycles. The number of nitrogens with one attached hydrogen (secondary N) is 1. The van der Waals surface area contributed by atoms with Crippen molar-refractivity contribution in [3.63, 3.8) is 0 Å². The van der Waals surface area contributed by atoms with Gasteiger partial charge in [-0.05, 0) is 47.9 Å². The molecule has 1 atom stereocenters. The van der Waals surface area contributed by atoms with Gasteiger partial charge >= 0.3 is 0 Å². The van der Waals surface area contributed by atoms with Gasteiger partial charge in [0.2, 0.25) is 0 Å². The van der Waals surface area contributed by atoms with Crippen molar-refractivity contribution < 1.29 is 0 Å². The Labute approximate surface area is 105 Å². The number of para-hydroxylation sites is 1. The molecule has 0 aliphatic rings. The fourth-order valence-corrected chi connectivity index (χ4v) is 2.67. The zero-order valence-electron chi connectivity index (χ0n) is 9.33. The number of rotatable bonds is 3. The molecule has 0 aliphatic carbocycles. The van der Waals surface area contributed by atoms with Gasteiger partial charge in [0.15, 0.2) is 0 Å². The molecule has 2 aromatic rings. The number of hydrogen-bond donors (Lipinski definition) is 1. The van der Waals surface area contributed by atoms with Crippen molar-refractivity contribution in [2.75, 3.05) is 5.32 Å². The lowest BCUT2D eigenvalue weighted by atomic mass is 10.1. The molecule has 84 valence electrons. The third-order valence-electron chi connectivity index (χ3n) is 2.63. The van der Waals surface area contributed by atoms with Crippen LogP contribution in [-0.4, -0.2) is 0 Å². The van der Waals surface area contributed by atoms with Gasteiger partial charge in [0.1, 0.15) is 0 Å². The molecule has 0 spiro atoms. The summed E-state index contributed by atoms with van der Waals surface area (Å²) in [6.45, 7) is 4.21. The lowest BCUT2D eigenvalue weighted by Crippen LogP contribution is -2.07. The highest BCUT2D eigenvalue weighted by atomic mass is 35.5. The summed E-state index contributed by atoms with van der Waals surface area (Å²) in [7, 11) is 0. The van der Waals surface area contributed by atoms with Crippen molar-refractivity contribution in [2.24, 2.45) is 0 Å². The SMILES string of the molecule is Cc1cccc(Cl)c1NC(C)c1ccsc1. The van der Waals surface area contributed by atoms with Gasteiger partial charge in [-0.1, -0.05) is 23.7 Å². The van der Waals surface area contributed by atoms with E-state index in [0.717, 1.165) is 10.7 Å². The van der Waals surface area contributed by atoms with Crippen molar-refractivity contribution in [3.05, 3.63) is 51.2 Å². The highest BCUT2D eigenvalue weighted by Crippen LogP contribution is 2.29. The largest absolute Gasteiger partial charge is 0.377 e. The summed E-state index contributed by atoms with van der Waals surface area (Å²) < 4.78 is 0. The zero-order chi connectivity index (χ0) is 11.5. The lowest BCUT2D eigenvalue weighted by molar-refractivity contribution is 0.888. The molecule has 0 saturated heterocycles. The molecule has 0 saturated carbocycles. The normalized spacial score (nSPS) is 12.4. The summed E-state index contributed by atoms with van der Waals surface area (Å²) in [5, 5.41) is 8.48. The summed E-state index contributed by atoms with van der Waals surface area (Å²) in [4.78, 5) is 0. The van der Waals surface area contributed by atoms with E-state index in [2.05, 4.69) is 42.1 Å². The molecule has 0 amide bonds. The molecule has 1 aromatic carbocycles. The predicted octanol–water partition coefficient (Wildman–Crippen LogP) is 4.88. The Kier molecular flexibility index (Phi) is 3.52. The second kappa shape index (κ2) is 4.89. The van der Waals surface area contributed by atoms with Crippen molar-refractivity contribution in [1.82, 2.24) is 0 Å². The minimum atomic E-state index is 0.282. The Morgan fingerprint density at radius 3 is 2.75 bits per heavy atom. The molecule has 0 fully saturated rings. The zero-order valence-corrected chi connectivity index (χ0v) is 10.9. The monoisotopic (exact) mass is 251 g/mol. The third kappa shape index (κ3) is 2.39. The van der Waals surface area contributed by atoms with E-state index < -0.39 is 0 Å². The van der Waals surface area contributed by atoms with Crippen LogP contribution in [0.1, 0.15) is 24.1 Å². The summed E-state index contributed by atoms with van der Waals surface area (Å²) >= 11 is 7.89. The number of hydrogen-bond acceptors (Lipinski definition) is 2. The molecular weight excluding hydrogens is 238 g/mol. The highest BCUT2D eigenvalue weighted by Gasteiger charge is 2.09. The molecular formula is C13H14ClNS. The first-order valence-electron chi connectivity index (χ1n) is 5.22. The Morgan fingerprint density at radius 1 is 1.31 bits per heavy atom. The number of halogens is 1. The van der Waals surface area contributed by atoms with Gasteiger partial charge in [-0.3, -0.25) is 0 Å². The van der Waals surface area contributed by atoms with E-state index in [4.69, 9.17) is 11.6 Å². The molecule has 1 unspecified atom stereocenters. The first-order valence-corrected chi connectivity index (χ1v) is 6.54. The first kappa shape index (κ1) is 11.5. The maximum absolute atomic E-state index is 6.18. The maximum Gasteiger partial charge on any atom is 0.0640 e. The average Bonchev–Trinajstić information content (AvgIpc) is 2.76. The molecule has 1 N–H and O–H groups in total. The van der Waals surface area contributed by atoms with Crippen LogP contribution in [0.4, 0.5) is 5.69 Å². The number of benzene rings is 1. The van der Waals surface area contributed by atoms with E-state index in [0.29, 0.717) is 0 Å². The van der Waals surface area contributed by atoms with Gasteiger partial charge in [-0.2, -0.15) is 11.3 Å². The molecule has 3 heteroatoms. The van der Waals surface area contributed by atoms with Crippen molar-refractivity contribution >= 4 is 28.6 Å². The second-order valence-corrected chi connectivity index (χ2v) is 5.04. The fourth-order valence-electron chi connectivity index (χ4n) is 1.64. The molecule has 2 rings (SSSR count). The second-order valence-electron chi connectivity index (χ2n) is 3.85. The van der Waals surface area contributed by atoms with Gasteiger partial charge in [-0.25, -0.2) is 0 Å². The summed E-state index contributed by atoms with van der Waals surface area (Å²) in [6.07, 6.45) is 0. The predicted molar refractivity (Wildman–Crippen MR) is 72.5 cm³/mol. The van der Waals surface area contributed by atoms with Crippen LogP contribution in [0.3, 0.4) is 0 Å². The quantitative estimate of drug-likeness (QED) is 0.820. The minimum Gasteiger partial charge on any atom is -0.377 e. The fraction of sp³-hybridized carbons (Fsp3) is 0.231. The molecule has 0 bridgehead atoms. The Morgan fingerprint density at radius 2 is 2.12 bits per heavy atom. The van der Waals surface area contributed by atoms with Crippen LogP contribution < -0.4 is 5.32 Å². The van der Waals surface area contributed by atoms with E-state index in [9.17, 15) is 0 Å². The van der Waals surface area contributed by atoms with Crippen LogP contribution in [0.2, 0.25) is 5.02 Å². The van der Waals surface area contributed by atoms with Crippen molar-refractivity contribution in [3.8, 4) is 0 Å². The van der Waals surface area contributed by atoms with Crippen LogP contribution in [0.25, 0.3) is 0 Å². The smallest absolute Gasteiger partial charge is 0.0640 e. The van der Waals surface area contributed by atoms with Crippen molar-refractivity contribution in [1.29, 1.82) is 0 Å². The standard InChI is InChI=1S/C13H14ClNS/c1-9-4-3-5-12(14)13(9)15-10(2)11-6-7-16-8-11/h3-8,10,15H,1-2H3. The summed E-state index contributed by atoms with van der Waals surface area (Å²) in [5.41, 5.74) is 3.50. The lowest BCUT2D eigenvalue weighted by Gasteiger charge is -2.17. The molecule has 0 radical (unpaired) electrons. The van der Waals surface area contributed by atoms with Gasteiger partial charge in [-0.15, -0.1) is 0 Å². The van der Waals surface area contributed by atoms with Crippen molar-refractivity contribution in [2.45, 2.75) is 19.9 Å². The molecule has 1 heterocycles. The van der Waals surface area contributed by atoms with E-state index in [1.165, 1.54) is 11.1 Å². The Hall–Kier alpha value is -0.990. The molecule has 0 aliphatic heterocycles. The Balaban J connectivity index is 2.21. The topological polar surface area (TPSA) is 12.0 Å². The Bertz CT molecular complexity index is 445. The maximum atomic E-state index is 6.18. The van der Waals surface area contributed by atoms with Gasteiger partial charge < -0.3 is 5.32 Å². The average molecular weight is 252 g/mol. The van der Waals surface area contributed by atoms with E-state index in [1.807, 2.05) is 12.1 Å². The number of anilines is 1. The van der Waals surface area contributed by atoms with Crippen LogP contribution in [0, 0.1) is 6.92 Å². The van der Waals surface area contributed by atoms with Crippen LogP contribution in [-0.2, 0) is 0 Å². The summed E-state index contributed by atoms with van der Waals surface area (Å²) in [6, 6.07) is 8.36. The first-order chi connectivity index (χ1) is 7.68. The van der Waals surface area contributed by atoms with Gasteiger partial charge in [0, 0.05) is 6.04 Å². The number of thiophene rings is 1. The van der Waals surface area contributed by atoms with Crippen LogP contribution in [0.5, 0.6) is 0 Å². The molecule has 16 heavy (non-hydrogen) atoms.